The second-order valence-electron chi connectivity index (χ2n) is 8.75. The van der Waals surface area contributed by atoms with Crippen LogP contribution in [-0.2, 0) is 24.7 Å². The third-order valence-electron chi connectivity index (χ3n) is 6.39. The van der Waals surface area contributed by atoms with Crippen molar-refractivity contribution in [3.8, 4) is 5.75 Å². The zero-order valence-electron chi connectivity index (χ0n) is 19.7. The summed E-state index contributed by atoms with van der Waals surface area (Å²) in [7, 11) is 2.05. The van der Waals surface area contributed by atoms with Gasteiger partial charge in [-0.2, -0.15) is 0 Å². The first-order chi connectivity index (χ1) is 16.9. The number of aryl methyl sites for hydroxylation is 2. The van der Waals surface area contributed by atoms with Crippen LogP contribution >= 0.6 is 0 Å². The monoisotopic (exact) mass is 466 g/mol. The Morgan fingerprint density at radius 2 is 1.63 bits per heavy atom. The predicted molar refractivity (Wildman–Crippen MR) is 136 cm³/mol. The lowest BCUT2D eigenvalue weighted by atomic mass is 10.1. The Hall–Kier alpha value is -4.32. The van der Waals surface area contributed by atoms with Gasteiger partial charge in [0.1, 0.15) is 5.75 Å². The van der Waals surface area contributed by atoms with E-state index < -0.39 is 5.97 Å². The lowest BCUT2D eigenvalue weighted by molar-refractivity contribution is -0.136. The number of fused-ring (bicyclic) bond motifs is 2. The van der Waals surface area contributed by atoms with Crippen molar-refractivity contribution in [3.05, 3.63) is 101 Å². The summed E-state index contributed by atoms with van der Waals surface area (Å²) in [6.45, 7) is 2.39. The first-order valence-corrected chi connectivity index (χ1v) is 11.5. The average Bonchev–Trinajstić information content (AvgIpc) is 3.36. The summed E-state index contributed by atoms with van der Waals surface area (Å²) in [6, 6.07) is 22.8. The Balaban J connectivity index is 1.31. The Morgan fingerprint density at radius 1 is 0.886 bits per heavy atom. The van der Waals surface area contributed by atoms with Gasteiger partial charge in [-0.25, -0.2) is 0 Å². The number of carbonyl (C=O) groups is 2. The van der Waals surface area contributed by atoms with E-state index in [4.69, 9.17) is 4.74 Å². The summed E-state index contributed by atoms with van der Waals surface area (Å²) in [5, 5.41) is 11.2. The quantitative estimate of drug-likeness (QED) is 0.350. The van der Waals surface area contributed by atoms with E-state index in [1.165, 1.54) is 16.5 Å². The van der Waals surface area contributed by atoms with Crippen LogP contribution in [0, 0.1) is 6.92 Å². The number of rotatable bonds is 7. The number of ether oxygens (including phenoxy) is 1. The van der Waals surface area contributed by atoms with Crippen LogP contribution in [0.15, 0.2) is 79.0 Å². The number of carbonyl (C=O) groups excluding carboxylic acids is 1. The normalized spacial score (nSPS) is 11.3. The van der Waals surface area contributed by atoms with Gasteiger partial charge in [0.25, 0.3) is 5.91 Å². The highest BCUT2D eigenvalue weighted by Crippen LogP contribution is 2.26. The highest BCUT2D eigenvalue weighted by molar-refractivity contribution is 6.04. The molecule has 0 aliphatic rings. The first-order valence-electron chi connectivity index (χ1n) is 11.5. The molecule has 0 radical (unpaired) electrons. The number of carboxylic acid groups (broad SMARTS) is 1. The molecular formula is C29H26N2O4. The van der Waals surface area contributed by atoms with Crippen molar-refractivity contribution in [1.82, 2.24) is 9.13 Å². The molecule has 0 bridgehead atoms. The smallest absolute Gasteiger partial charge is 0.307 e. The summed E-state index contributed by atoms with van der Waals surface area (Å²) in [6.07, 6.45) is 2.84. The van der Waals surface area contributed by atoms with Crippen LogP contribution in [0.1, 0.15) is 27.2 Å². The van der Waals surface area contributed by atoms with Crippen molar-refractivity contribution in [1.29, 1.82) is 0 Å². The molecule has 0 spiro atoms. The number of benzene rings is 3. The minimum Gasteiger partial charge on any atom is -0.493 e. The van der Waals surface area contributed by atoms with Gasteiger partial charge in [0, 0.05) is 47.2 Å². The summed E-state index contributed by atoms with van der Waals surface area (Å²) in [5.74, 6) is -0.350. The van der Waals surface area contributed by atoms with Gasteiger partial charge in [0.2, 0.25) is 0 Å². The SMILES string of the molecule is Cc1cc2c(CC(=O)O)cccc2n1C(=O)c1ccc(OCCc2cn(C)c3ccccc23)cc1. The van der Waals surface area contributed by atoms with Crippen molar-refractivity contribution < 1.29 is 19.4 Å². The van der Waals surface area contributed by atoms with Crippen LogP contribution in [0.25, 0.3) is 21.8 Å². The molecule has 5 rings (SSSR count). The highest BCUT2D eigenvalue weighted by Gasteiger charge is 2.17. The number of carboxylic acids is 1. The van der Waals surface area contributed by atoms with Crippen molar-refractivity contribution in [2.45, 2.75) is 19.8 Å². The van der Waals surface area contributed by atoms with Crippen molar-refractivity contribution in [3.63, 3.8) is 0 Å². The molecule has 0 unspecified atom stereocenters. The second kappa shape index (κ2) is 9.14. The molecule has 6 heteroatoms. The standard InChI is InChI=1S/C29H26N2O4/c1-19-16-25-21(17-28(32)33)6-5-9-27(25)31(19)29(34)20-10-12-23(13-11-20)35-15-14-22-18-30(2)26-8-4-3-7-24(22)26/h3-13,16,18H,14-15,17H2,1-2H3,(H,32,33). The number of hydrogen-bond donors (Lipinski definition) is 1. The van der Waals surface area contributed by atoms with E-state index in [1.54, 1.807) is 28.8 Å². The minimum atomic E-state index is -0.898. The summed E-state index contributed by atoms with van der Waals surface area (Å²) in [5.41, 5.74) is 5.15. The van der Waals surface area contributed by atoms with E-state index in [9.17, 15) is 14.7 Å². The molecule has 2 aromatic heterocycles. The van der Waals surface area contributed by atoms with Gasteiger partial charge in [-0.3, -0.25) is 14.2 Å². The molecule has 0 saturated heterocycles. The lowest BCUT2D eigenvalue weighted by Crippen LogP contribution is -2.13. The minimum absolute atomic E-state index is 0.0835. The van der Waals surface area contributed by atoms with Crippen LogP contribution in [-0.4, -0.2) is 32.7 Å². The van der Waals surface area contributed by atoms with E-state index >= 15 is 0 Å². The fourth-order valence-electron chi connectivity index (χ4n) is 4.74. The first kappa shape index (κ1) is 22.5. The molecule has 0 aliphatic carbocycles. The molecule has 176 valence electrons. The van der Waals surface area contributed by atoms with Gasteiger partial charge in [-0.1, -0.05) is 30.3 Å². The van der Waals surface area contributed by atoms with Crippen molar-refractivity contribution in [2.24, 2.45) is 7.05 Å². The van der Waals surface area contributed by atoms with Crippen LogP contribution in [0.4, 0.5) is 0 Å². The van der Waals surface area contributed by atoms with Gasteiger partial charge >= 0.3 is 5.97 Å². The molecule has 0 saturated carbocycles. The second-order valence-corrected chi connectivity index (χ2v) is 8.75. The molecule has 0 aliphatic heterocycles. The third kappa shape index (κ3) is 4.30. The molecule has 0 amide bonds. The number of aromatic nitrogens is 2. The molecule has 6 nitrogen and oxygen atoms in total. The summed E-state index contributed by atoms with van der Waals surface area (Å²) < 4.78 is 9.72. The highest BCUT2D eigenvalue weighted by atomic mass is 16.5. The summed E-state index contributed by atoms with van der Waals surface area (Å²) >= 11 is 0. The van der Waals surface area contributed by atoms with Crippen LogP contribution in [0.3, 0.4) is 0 Å². The molecule has 3 aromatic carbocycles. The molecular weight excluding hydrogens is 440 g/mol. The zero-order valence-corrected chi connectivity index (χ0v) is 19.7. The fourth-order valence-corrected chi connectivity index (χ4v) is 4.74. The number of hydrogen-bond acceptors (Lipinski definition) is 3. The Morgan fingerprint density at radius 3 is 2.40 bits per heavy atom. The number of nitrogens with zero attached hydrogens (tertiary/aromatic N) is 2. The van der Waals surface area contributed by atoms with Gasteiger partial charge in [0.15, 0.2) is 0 Å². The van der Waals surface area contributed by atoms with Gasteiger partial charge in [-0.15, -0.1) is 0 Å². The van der Waals surface area contributed by atoms with Crippen LogP contribution in [0.5, 0.6) is 5.75 Å². The molecule has 35 heavy (non-hydrogen) atoms. The largest absolute Gasteiger partial charge is 0.493 e. The molecule has 1 N–H and O–H groups in total. The van der Waals surface area contributed by atoms with E-state index in [0.29, 0.717) is 29.0 Å². The van der Waals surface area contributed by atoms with E-state index in [2.05, 4.69) is 22.9 Å². The summed E-state index contributed by atoms with van der Waals surface area (Å²) in [4.78, 5) is 24.5. The topological polar surface area (TPSA) is 73.5 Å². The fraction of sp³-hybridized carbons (Fsp3) is 0.172. The number of aliphatic carboxylic acids is 1. The van der Waals surface area contributed by atoms with E-state index in [-0.39, 0.29) is 12.3 Å². The number of para-hydroxylation sites is 1. The van der Waals surface area contributed by atoms with Crippen LogP contribution in [0.2, 0.25) is 0 Å². The molecule has 0 fully saturated rings. The van der Waals surface area contributed by atoms with Crippen LogP contribution < -0.4 is 4.74 Å². The maximum absolute atomic E-state index is 13.3. The Kier molecular flexibility index (Phi) is 5.87. The van der Waals surface area contributed by atoms with Gasteiger partial charge < -0.3 is 14.4 Å². The van der Waals surface area contributed by atoms with Gasteiger partial charge in [-0.05, 0) is 60.5 Å². The van der Waals surface area contributed by atoms with E-state index in [1.807, 2.05) is 50.4 Å². The maximum atomic E-state index is 13.3. The lowest BCUT2D eigenvalue weighted by Gasteiger charge is -2.10. The third-order valence-corrected chi connectivity index (χ3v) is 6.39. The van der Waals surface area contributed by atoms with Crippen molar-refractivity contribution in [2.75, 3.05) is 6.61 Å². The van der Waals surface area contributed by atoms with Gasteiger partial charge in [0.05, 0.1) is 18.5 Å². The van der Waals surface area contributed by atoms with E-state index in [0.717, 1.165) is 17.5 Å². The molecule has 5 aromatic rings. The average molecular weight is 467 g/mol. The molecule has 0 atom stereocenters. The maximum Gasteiger partial charge on any atom is 0.307 e. The van der Waals surface area contributed by atoms with Crippen molar-refractivity contribution >= 4 is 33.7 Å². The Labute approximate surface area is 203 Å². The zero-order chi connectivity index (χ0) is 24.5. The Bertz CT molecular complexity index is 1560. The molecule has 2 heterocycles. The predicted octanol–water partition coefficient (Wildman–Crippen LogP) is 5.38.